The molecular formula is C13H11O2P. The fourth-order valence-electron chi connectivity index (χ4n) is 1.33. The van der Waals surface area contributed by atoms with Gasteiger partial charge >= 0.3 is 0 Å². The van der Waals surface area contributed by atoms with Gasteiger partial charge in [0.05, 0.1) is 0 Å². The van der Waals surface area contributed by atoms with Crippen LogP contribution in [-0.4, -0.2) is 6.29 Å². The van der Waals surface area contributed by atoms with Crippen molar-refractivity contribution >= 4 is 20.8 Å². The van der Waals surface area contributed by atoms with Gasteiger partial charge in [0.15, 0.2) is 0 Å². The second-order valence-corrected chi connectivity index (χ2v) is 4.03. The first-order chi connectivity index (χ1) is 7.78. The fraction of sp³-hybridized carbons (Fsp3) is 0. The van der Waals surface area contributed by atoms with Crippen molar-refractivity contribution in [3.05, 3.63) is 54.1 Å². The second kappa shape index (κ2) is 4.91. The summed E-state index contributed by atoms with van der Waals surface area (Å²) in [5.41, 5.74) is 0.646. The van der Waals surface area contributed by atoms with Crippen LogP contribution in [0.25, 0.3) is 0 Å². The normalized spacial score (nSPS) is 9.81. The molecule has 2 aromatic carbocycles. The van der Waals surface area contributed by atoms with E-state index >= 15 is 0 Å². The Bertz CT molecular complexity index is 492. The van der Waals surface area contributed by atoms with Crippen LogP contribution in [0.3, 0.4) is 0 Å². The smallest absolute Gasteiger partial charge is 0.150 e. The number of benzene rings is 2. The van der Waals surface area contributed by atoms with Crippen LogP contribution in [0.1, 0.15) is 10.4 Å². The van der Waals surface area contributed by atoms with E-state index < -0.39 is 0 Å². The molecule has 0 aliphatic rings. The number of hydrogen-bond donors (Lipinski definition) is 0. The van der Waals surface area contributed by atoms with Gasteiger partial charge in [-0.3, -0.25) is 4.79 Å². The quantitative estimate of drug-likeness (QED) is 0.598. The lowest BCUT2D eigenvalue weighted by molar-refractivity contribution is 0.112. The third-order valence-electron chi connectivity index (χ3n) is 2.11. The van der Waals surface area contributed by atoms with E-state index in [1.807, 2.05) is 24.3 Å². The average molecular weight is 230 g/mol. The predicted molar refractivity (Wildman–Crippen MR) is 67.7 cm³/mol. The summed E-state index contributed by atoms with van der Waals surface area (Å²) in [5, 5.41) is 1.07. The standard InChI is InChI=1S/C13H11O2P/c14-9-10-4-6-11(7-5-10)15-12-2-1-3-13(16)8-12/h1-9H,16H2. The third-order valence-corrected chi connectivity index (χ3v) is 2.47. The van der Waals surface area contributed by atoms with Crippen molar-refractivity contribution in [2.24, 2.45) is 0 Å². The van der Waals surface area contributed by atoms with Gasteiger partial charge in [-0.2, -0.15) is 0 Å². The van der Waals surface area contributed by atoms with E-state index in [0.717, 1.165) is 23.1 Å². The maximum absolute atomic E-state index is 10.5. The van der Waals surface area contributed by atoms with Crippen molar-refractivity contribution in [3.8, 4) is 11.5 Å². The molecule has 0 bridgehead atoms. The molecule has 2 nitrogen and oxygen atoms in total. The molecule has 1 atom stereocenters. The molecule has 0 spiro atoms. The van der Waals surface area contributed by atoms with Gasteiger partial charge in [0.25, 0.3) is 0 Å². The molecule has 0 aliphatic heterocycles. The zero-order valence-electron chi connectivity index (χ0n) is 8.59. The second-order valence-electron chi connectivity index (χ2n) is 3.36. The Kier molecular flexibility index (Phi) is 3.33. The molecule has 1 unspecified atom stereocenters. The van der Waals surface area contributed by atoms with Gasteiger partial charge < -0.3 is 4.74 Å². The van der Waals surface area contributed by atoms with Crippen molar-refractivity contribution in [3.63, 3.8) is 0 Å². The van der Waals surface area contributed by atoms with Gasteiger partial charge in [-0.15, -0.1) is 9.24 Å². The Balaban J connectivity index is 2.17. The van der Waals surface area contributed by atoms with Gasteiger partial charge in [0, 0.05) is 5.56 Å². The molecule has 0 radical (unpaired) electrons. The summed E-state index contributed by atoms with van der Waals surface area (Å²) in [5.74, 6) is 1.51. The van der Waals surface area contributed by atoms with Gasteiger partial charge in [0.1, 0.15) is 17.8 Å². The van der Waals surface area contributed by atoms with E-state index in [1.165, 1.54) is 0 Å². The van der Waals surface area contributed by atoms with Crippen LogP contribution in [0, 0.1) is 0 Å². The summed E-state index contributed by atoms with van der Waals surface area (Å²) in [6, 6.07) is 14.7. The van der Waals surface area contributed by atoms with Crippen molar-refractivity contribution in [2.45, 2.75) is 0 Å². The lowest BCUT2D eigenvalue weighted by Crippen LogP contribution is -1.91. The lowest BCUT2D eigenvalue weighted by Gasteiger charge is -2.05. The maximum atomic E-state index is 10.5. The number of hydrogen-bond acceptors (Lipinski definition) is 2. The number of rotatable bonds is 3. The minimum atomic E-state index is 0.646. The molecule has 0 N–H and O–H groups in total. The van der Waals surface area contributed by atoms with Gasteiger partial charge in [-0.25, -0.2) is 0 Å². The number of aldehydes is 1. The zero-order chi connectivity index (χ0) is 11.4. The van der Waals surface area contributed by atoms with Gasteiger partial charge in [-0.1, -0.05) is 12.1 Å². The molecule has 80 valence electrons. The van der Waals surface area contributed by atoms with E-state index in [2.05, 4.69) is 9.24 Å². The van der Waals surface area contributed by atoms with E-state index in [0.29, 0.717) is 5.56 Å². The summed E-state index contributed by atoms with van der Waals surface area (Å²) in [4.78, 5) is 10.5. The molecule has 0 aliphatic carbocycles. The number of carbonyl (C=O) groups is 1. The molecule has 0 fully saturated rings. The van der Waals surface area contributed by atoms with E-state index in [9.17, 15) is 4.79 Å². The molecule has 0 saturated carbocycles. The van der Waals surface area contributed by atoms with Gasteiger partial charge in [0.2, 0.25) is 0 Å². The highest BCUT2D eigenvalue weighted by molar-refractivity contribution is 7.27. The summed E-state index contributed by atoms with van der Waals surface area (Å²) in [7, 11) is 2.62. The summed E-state index contributed by atoms with van der Waals surface area (Å²) in [6.45, 7) is 0. The highest BCUT2D eigenvalue weighted by Crippen LogP contribution is 2.20. The van der Waals surface area contributed by atoms with Crippen LogP contribution in [-0.2, 0) is 0 Å². The topological polar surface area (TPSA) is 26.3 Å². The van der Waals surface area contributed by atoms with E-state index in [1.54, 1.807) is 24.3 Å². The Morgan fingerprint density at radius 1 is 1.00 bits per heavy atom. The fourth-order valence-corrected chi connectivity index (χ4v) is 1.60. The van der Waals surface area contributed by atoms with Crippen LogP contribution < -0.4 is 10.0 Å². The van der Waals surface area contributed by atoms with E-state index in [-0.39, 0.29) is 0 Å². The average Bonchev–Trinajstić information content (AvgIpc) is 2.30. The van der Waals surface area contributed by atoms with Crippen molar-refractivity contribution in [1.29, 1.82) is 0 Å². The van der Waals surface area contributed by atoms with Crippen LogP contribution in [0.5, 0.6) is 11.5 Å². The SMILES string of the molecule is O=Cc1ccc(Oc2cccc(P)c2)cc1. The minimum absolute atomic E-state index is 0.646. The zero-order valence-corrected chi connectivity index (χ0v) is 9.74. The molecule has 0 saturated heterocycles. The van der Waals surface area contributed by atoms with Crippen molar-refractivity contribution in [2.75, 3.05) is 0 Å². The van der Waals surface area contributed by atoms with Crippen LogP contribution in [0.2, 0.25) is 0 Å². The Morgan fingerprint density at radius 3 is 2.38 bits per heavy atom. The lowest BCUT2D eigenvalue weighted by atomic mass is 10.2. The van der Waals surface area contributed by atoms with Crippen LogP contribution >= 0.6 is 9.24 Å². The highest BCUT2D eigenvalue weighted by Gasteiger charge is 1.97. The van der Waals surface area contributed by atoms with Crippen LogP contribution in [0.4, 0.5) is 0 Å². The molecule has 3 heteroatoms. The Hall–Kier alpha value is -1.66. The molecule has 0 heterocycles. The summed E-state index contributed by atoms with van der Waals surface area (Å²) in [6.07, 6.45) is 0.813. The molecule has 16 heavy (non-hydrogen) atoms. The Morgan fingerprint density at radius 2 is 1.75 bits per heavy atom. The molecular weight excluding hydrogens is 219 g/mol. The summed E-state index contributed by atoms with van der Waals surface area (Å²) < 4.78 is 5.63. The monoisotopic (exact) mass is 230 g/mol. The number of carbonyl (C=O) groups excluding carboxylic acids is 1. The van der Waals surface area contributed by atoms with Crippen molar-refractivity contribution < 1.29 is 9.53 Å². The molecule has 0 amide bonds. The van der Waals surface area contributed by atoms with Crippen LogP contribution in [0.15, 0.2) is 48.5 Å². The maximum Gasteiger partial charge on any atom is 0.150 e. The Labute approximate surface area is 96.5 Å². The first-order valence-electron chi connectivity index (χ1n) is 4.86. The highest BCUT2D eigenvalue weighted by atomic mass is 31.0. The minimum Gasteiger partial charge on any atom is -0.457 e. The third kappa shape index (κ3) is 2.68. The predicted octanol–water partition coefficient (Wildman–Crippen LogP) is 2.79. The first kappa shape index (κ1) is 10.8. The molecule has 2 rings (SSSR count). The molecule has 2 aromatic rings. The first-order valence-corrected chi connectivity index (χ1v) is 5.44. The van der Waals surface area contributed by atoms with Gasteiger partial charge in [-0.05, 0) is 41.7 Å². The molecule has 0 aromatic heterocycles. The largest absolute Gasteiger partial charge is 0.457 e. The summed E-state index contributed by atoms with van der Waals surface area (Å²) >= 11 is 0. The van der Waals surface area contributed by atoms with Crippen molar-refractivity contribution in [1.82, 2.24) is 0 Å². The number of ether oxygens (including phenoxy) is 1. The van der Waals surface area contributed by atoms with E-state index in [4.69, 9.17) is 4.74 Å².